The van der Waals surface area contributed by atoms with E-state index in [-0.39, 0.29) is 12.6 Å². The number of amides is 2. The highest BCUT2D eigenvalue weighted by atomic mass is 16.4. The van der Waals surface area contributed by atoms with E-state index in [0.29, 0.717) is 26.2 Å². The molecule has 0 unspecified atom stereocenters. The van der Waals surface area contributed by atoms with Gasteiger partial charge in [0.2, 0.25) is 0 Å². The molecule has 0 aliphatic carbocycles. The lowest BCUT2D eigenvalue weighted by atomic mass is 10.3. The number of hydrogen-bond acceptors (Lipinski definition) is 3. The minimum Gasteiger partial charge on any atom is -0.480 e. The Morgan fingerprint density at radius 3 is 2.30 bits per heavy atom. The number of urea groups is 1. The Bertz CT molecular complexity index is 470. The zero-order valence-corrected chi connectivity index (χ0v) is 11.5. The van der Waals surface area contributed by atoms with Crippen LogP contribution in [-0.2, 0) is 4.79 Å². The molecule has 1 saturated heterocycles. The number of anilines is 1. The zero-order valence-electron chi connectivity index (χ0n) is 11.5. The molecule has 0 radical (unpaired) electrons. The first-order chi connectivity index (χ1) is 9.58. The third kappa shape index (κ3) is 3.48. The van der Waals surface area contributed by atoms with E-state index in [4.69, 9.17) is 5.11 Å². The molecule has 2 amide bonds. The standard InChI is InChI=1S/C14H19N3O3/c1-15(12-5-3-2-4-6-12)14(20)17-9-7-16(8-10-17)11-13(18)19/h2-6H,7-11H2,1H3,(H,18,19). The number of carboxylic acid groups (broad SMARTS) is 1. The van der Waals surface area contributed by atoms with Crippen molar-refractivity contribution in [3.63, 3.8) is 0 Å². The summed E-state index contributed by atoms with van der Waals surface area (Å²) < 4.78 is 0. The number of carboxylic acids is 1. The molecule has 1 heterocycles. The van der Waals surface area contributed by atoms with Crippen LogP contribution >= 0.6 is 0 Å². The predicted molar refractivity (Wildman–Crippen MR) is 75.9 cm³/mol. The molecule has 1 aromatic carbocycles. The van der Waals surface area contributed by atoms with Gasteiger partial charge < -0.3 is 10.0 Å². The van der Waals surface area contributed by atoms with Crippen LogP contribution in [0.15, 0.2) is 30.3 Å². The van der Waals surface area contributed by atoms with Crippen molar-refractivity contribution in [1.29, 1.82) is 0 Å². The maximum atomic E-state index is 12.3. The summed E-state index contributed by atoms with van der Waals surface area (Å²) in [5.74, 6) is -0.828. The van der Waals surface area contributed by atoms with Crippen LogP contribution in [0.1, 0.15) is 0 Å². The second-order valence-corrected chi connectivity index (χ2v) is 4.83. The van der Waals surface area contributed by atoms with Crippen molar-refractivity contribution in [2.24, 2.45) is 0 Å². The van der Waals surface area contributed by atoms with Gasteiger partial charge in [-0.1, -0.05) is 18.2 Å². The van der Waals surface area contributed by atoms with Crippen LogP contribution in [0.25, 0.3) is 0 Å². The van der Waals surface area contributed by atoms with Gasteiger partial charge in [0.1, 0.15) is 0 Å². The molecule has 0 aromatic heterocycles. The van der Waals surface area contributed by atoms with E-state index in [9.17, 15) is 9.59 Å². The van der Waals surface area contributed by atoms with Crippen molar-refractivity contribution in [3.8, 4) is 0 Å². The lowest BCUT2D eigenvalue weighted by Crippen LogP contribution is -2.53. The molecule has 1 fully saturated rings. The van der Waals surface area contributed by atoms with Gasteiger partial charge in [-0.05, 0) is 12.1 Å². The number of piperazine rings is 1. The van der Waals surface area contributed by atoms with E-state index in [1.165, 1.54) is 0 Å². The van der Waals surface area contributed by atoms with Crippen LogP contribution in [0, 0.1) is 0 Å². The Kier molecular flexibility index (Phi) is 4.57. The first-order valence-corrected chi connectivity index (χ1v) is 6.60. The Balaban J connectivity index is 1.90. The number of hydrogen-bond donors (Lipinski definition) is 1. The second kappa shape index (κ2) is 6.38. The number of carbonyl (C=O) groups is 2. The maximum Gasteiger partial charge on any atom is 0.324 e. The molecule has 2 rings (SSSR count). The largest absolute Gasteiger partial charge is 0.480 e. The fraction of sp³-hybridized carbons (Fsp3) is 0.429. The molecule has 6 heteroatoms. The van der Waals surface area contributed by atoms with E-state index < -0.39 is 5.97 Å². The number of nitrogens with zero attached hydrogens (tertiary/aromatic N) is 3. The Hall–Kier alpha value is -2.08. The molecule has 1 aromatic rings. The Morgan fingerprint density at radius 1 is 1.15 bits per heavy atom. The zero-order chi connectivity index (χ0) is 14.5. The van der Waals surface area contributed by atoms with Gasteiger partial charge in [0.15, 0.2) is 0 Å². The lowest BCUT2D eigenvalue weighted by Gasteiger charge is -2.35. The van der Waals surface area contributed by atoms with Gasteiger partial charge in [-0.2, -0.15) is 0 Å². The fourth-order valence-corrected chi connectivity index (χ4v) is 2.26. The molecule has 0 bridgehead atoms. The average molecular weight is 277 g/mol. The number of para-hydroxylation sites is 1. The SMILES string of the molecule is CN(C(=O)N1CCN(CC(=O)O)CC1)c1ccccc1. The van der Waals surface area contributed by atoms with E-state index in [2.05, 4.69) is 0 Å². The van der Waals surface area contributed by atoms with Crippen LogP contribution in [0.5, 0.6) is 0 Å². The Labute approximate surface area is 118 Å². The van der Waals surface area contributed by atoms with E-state index in [0.717, 1.165) is 5.69 Å². The number of rotatable bonds is 3. The topological polar surface area (TPSA) is 64.1 Å². The fourth-order valence-electron chi connectivity index (χ4n) is 2.26. The van der Waals surface area contributed by atoms with Crippen molar-refractivity contribution in [2.45, 2.75) is 0 Å². The summed E-state index contributed by atoms with van der Waals surface area (Å²) in [6, 6.07) is 9.42. The third-order valence-corrected chi connectivity index (χ3v) is 3.43. The van der Waals surface area contributed by atoms with Gasteiger partial charge in [-0.3, -0.25) is 14.6 Å². The van der Waals surface area contributed by atoms with E-state index in [1.807, 2.05) is 35.2 Å². The van der Waals surface area contributed by atoms with Gasteiger partial charge in [-0.25, -0.2) is 4.79 Å². The highest BCUT2D eigenvalue weighted by Crippen LogP contribution is 2.14. The maximum absolute atomic E-state index is 12.3. The minimum absolute atomic E-state index is 0.0382. The summed E-state index contributed by atoms with van der Waals surface area (Å²) in [6.45, 7) is 2.35. The quantitative estimate of drug-likeness (QED) is 0.893. The number of aliphatic carboxylic acids is 1. The number of carbonyl (C=O) groups excluding carboxylic acids is 1. The molecule has 0 atom stereocenters. The molecular weight excluding hydrogens is 258 g/mol. The van der Waals surface area contributed by atoms with E-state index in [1.54, 1.807) is 16.8 Å². The molecule has 1 aliphatic heterocycles. The average Bonchev–Trinajstić information content (AvgIpc) is 2.47. The number of benzene rings is 1. The minimum atomic E-state index is -0.828. The second-order valence-electron chi connectivity index (χ2n) is 4.83. The lowest BCUT2D eigenvalue weighted by molar-refractivity contribution is -0.138. The molecule has 0 spiro atoms. The predicted octanol–water partition coefficient (Wildman–Crippen LogP) is 0.945. The molecule has 0 saturated carbocycles. The molecule has 1 N–H and O–H groups in total. The first-order valence-electron chi connectivity index (χ1n) is 6.60. The van der Waals surface area contributed by atoms with Gasteiger partial charge in [0.05, 0.1) is 6.54 Å². The Morgan fingerprint density at radius 2 is 1.75 bits per heavy atom. The van der Waals surface area contributed by atoms with Crippen molar-refractivity contribution < 1.29 is 14.7 Å². The summed E-state index contributed by atoms with van der Waals surface area (Å²) >= 11 is 0. The third-order valence-electron chi connectivity index (χ3n) is 3.43. The van der Waals surface area contributed by atoms with Gasteiger partial charge in [0.25, 0.3) is 0 Å². The smallest absolute Gasteiger partial charge is 0.324 e. The summed E-state index contributed by atoms with van der Waals surface area (Å²) in [6.07, 6.45) is 0. The van der Waals surface area contributed by atoms with Crippen molar-refractivity contribution in [1.82, 2.24) is 9.80 Å². The monoisotopic (exact) mass is 277 g/mol. The summed E-state index contributed by atoms with van der Waals surface area (Å²) in [5.41, 5.74) is 0.852. The van der Waals surface area contributed by atoms with Crippen molar-refractivity contribution in [3.05, 3.63) is 30.3 Å². The van der Waals surface area contributed by atoms with Crippen molar-refractivity contribution in [2.75, 3.05) is 44.7 Å². The highest BCUT2D eigenvalue weighted by molar-refractivity contribution is 5.91. The van der Waals surface area contributed by atoms with Crippen LogP contribution < -0.4 is 4.90 Å². The normalized spacial score (nSPS) is 15.9. The van der Waals surface area contributed by atoms with Crippen LogP contribution in [0.3, 0.4) is 0 Å². The van der Waals surface area contributed by atoms with Crippen LogP contribution in [0.4, 0.5) is 10.5 Å². The summed E-state index contributed by atoms with van der Waals surface area (Å²) in [5, 5.41) is 8.75. The molecule has 108 valence electrons. The molecule has 6 nitrogen and oxygen atoms in total. The van der Waals surface area contributed by atoms with Crippen LogP contribution in [0.2, 0.25) is 0 Å². The molecular formula is C14H19N3O3. The van der Waals surface area contributed by atoms with Crippen LogP contribution in [-0.4, -0.2) is 66.7 Å². The molecule has 20 heavy (non-hydrogen) atoms. The van der Waals surface area contributed by atoms with Crippen molar-refractivity contribution >= 4 is 17.7 Å². The first kappa shape index (κ1) is 14.3. The van der Waals surface area contributed by atoms with E-state index >= 15 is 0 Å². The van der Waals surface area contributed by atoms with Gasteiger partial charge >= 0.3 is 12.0 Å². The van der Waals surface area contributed by atoms with Gasteiger partial charge in [-0.15, -0.1) is 0 Å². The summed E-state index contributed by atoms with van der Waals surface area (Å²) in [7, 11) is 1.75. The summed E-state index contributed by atoms with van der Waals surface area (Å²) in [4.78, 5) is 28.2. The molecule has 1 aliphatic rings. The highest BCUT2D eigenvalue weighted by Gasteiger charge is 2.24. The van der Waals surface area contributed by atoms with Gasteiger partial charge in [0, 0.05) is 38.9 Å².